The molecule has 0 bridgehead atoms. The number of carbonyl (C=O) groups is 1. The van der Waals surface area contributed by atoms with E-state index >= 15 is 0 Å². The maximum Gasteiger partial charge on any atom is 0.166 e. The molecular formula is C35H33NO2. The summed E-state index contributed by atoms with van der Waals surface area (Å²) in [6.45, 7) is 7.08. The third kappa shape index (κ3) is 5.84. The molecule has 38 heavy (non-hydrogen) atoms. The molecule has 4 aromatic carbocycles. The molecule has 0 spiro atoms. The molecule has 3 heteroatoms. The molecule has 0 aliphatic heterocycles. The summed E-state index contributed by atoms with van der Waals surface area (Å²) in [6.07, 6.45) is 3.01. The van der Waals surface area contributed by atoms with Gasteiger partial charge in [-0.25, -0.2) is 0 Å². The van der Waals surface area contributed by atoms with Gasteiger partial charge in [0.05, 0.1) is 11.1 Å². The predicted octanol–water partition coefficient (Wildman–Crippen LogP) is 8.59. The van der Waals surface area contributed by atoms with Gasteiger partial charge in [-0.1, -0.05) is 87.5 Å². The third-order valence-corrected chi connectivity index (χ3v) is 6.87. The molecule has 0 atom stereocenters. The van der Waals surface area contributed by atoms with Crippen LogP contribution in [0.3, 0.4) is 0 Å². The number of ketones is 1. The van der Waals surface area contributed by atoms with Crippen LogP contribution >= 0.6 is 0 Å². The van der Waals surface area contributed by atoms with Crippen molar-refractivity contribution in [3.8, 4) is 16.9 Å². The molecule has 0 saturated carbocycles. The van der Waals surface area contributed by atoms with Crippen LogP contribution in [0.4, 0.5) is 0 Å². The topological polar surface area (TPSA) is 39.2 Å². The van der Waals surface area contributed by atoms with E-state index in [0.29, 0.717) is 30.8 Å². The number of fused-ring (bicyclic) bond motifs is 1. The molecule has 3 nitrogen and oxygen atoms in total. The molecule has 1 aromatic heterocycles. The van der Waals surface area contributed by atoms with E-state index in [1.807, 2.05) is 54.7 Å². The number of carbonyl (C=O) groups excluding carboxylic acids is 1. The number of benzene rings is 4. The van der Waals surface area contributed by atoms with Crippen LogP contribution in [0.1, 0.15) is 54.2 Å². The lowest BCUT2D eigenvalue weighted by Crippen LogP contribution is -2.11. The zero-order chi connectivity index (χ0) is 26.5. The number of aryl methyl sites for hydroxylation is 1. The number of pyridine rings is 1. The molecule has 0 saturated heterocycles. The fourth-order valence-corrected chi connectivity index (χ4v) is 4.70. The van der Waals surface area contributed by atoms with E-state index < -0.39 is 0 Å². The highest BCUT2D eigenvalue weighted by Crippen LogP contribution is 2.34. The maximum atomic E-state index is 13.0. The Morgan fingerprint density at radius 3 is 2.37 bits per heavy atom. The second-order valence-electron chi connectivity index (χ2n) is 10.7. The van der Waals surface area contributed by atoms with Crippen molar-refractivity contribution in [2.45, 2.75) is 45.6 Å². The SMILES string of the molecule is CC(C)(C)c1cc(-c2cccc(COc3ccccc3C(=O)CCc3ccccc3)c2)c2ncccc2c1. The highest BCUT2D eigenvalue weighted by molar-refractivity contribution is 5.98. The number of para-hydroxylation sites is 1. The van der Waals surface area contributed by atoms with Crippen LogP contribution in [0.15, 0.2) is 109 Å². The number of Topliss-reactive ketones (excluding diaryl/α,β-unsaturated/α-hetero) is 1. The Labute approximate surface area is 225 Å². The van der Waals surface area contributed by atoms with Gasteiger partial charge >= 0.3 is 0 Å². The Kier molecular flexibility index (Phi) is 7.37. The van der Waals surface area contributed by atoms with E-state index in [1.165, 1.54) is 5.56 Å². The van der Waals surface area contributed by atoms with Crippen LogP contribution in [0.25, 0.3) is 22.0 Å². The van der Waals surface area contributed by atoms with Gasteiger partial charge < -0.3 is 4.74 Å². The molecule has 0 amide bonds. The molecule has 0 radical (unpaired) electrons. The van der Waals surface area contributed by atoms with E-state index in [2.05, 4.69) is 75.4 Å². The van der Waals surface area contributed by atoms with Gasteiger partial charge in [-0.2, -0.15) is 0 Å². The van der Waals surface area contributed by atoms with Crippen molar-refractivity contribution in [3.05, 3.63) is 132 Å². The molecule has 5 aromatic rings. The first-order valence-electron chi connectivity index (χ1n) is 13.2. The summed E-state index contributed by atoms with van der Waals surface area (Å²) >= 11 is 0. The lowest BCUT2D eigenvalue weighted by molar-refractivity contribution is 0.0978. The second-order valence-corrected chi connectivity index (χ2v) is 10.7. The van der Waals surface area contributed by atoms with Crippen molar-refractivity contribution in [3.63, 3.8) is 0 Å². The van der Waals surface area contributed by atoms with Crippen LogP contribution in [-0.2, 0) is 18.4 Å². The zero-order valence-electron chi connectivity index (χ0n) is 22.3. The monoisotopic (exact) mass is 499 g/mol. The summed E-state index contributed by atoms with van der Waals surface area (Å²) in [4.78, 5) is 17.7. The van der Waals surface area contributed by atoms with Crippen molar-refractivity contribution >= 4 is 16.7 Å². The van der Waals surface area contributed by atoms with Crippen molar-refractivity contribution in [2.24, 2.45) is 0 Å². The highest BCUT2D eigenvalue weighted by Gasteiger charge is 2.18. The Bertz CT molecular complexity index is 1560. The normalized spacial score (nSPS) is 11.4. The van der Waals surface area contributed by atoms with E-state index in [-0.39, 0.29) is 11.2 Å². The molecule has 0 N–H and O–H groups in total. The van der Waals surface area contributed by atoms with Gasteiger partial charge in [0.2, 0.25) is 0 Å². The van der Waals surface area contributed by atoms with Gasteiger partial charge in [0, 0.05) is 23.6 Å². The summed E-state index contributed by atoms with van der Waals surface area (Å²) in [5, 5.41) is 1.14. The van der Waals surface area contributed by atoms with Gasteiger partial charge in [-0.3, -0.25) is 9.78 Å². The van der Waals surface area contributed by atoms with Crippen LogP contribution in [0.5, 0.6) is 5.75 Å². The lowest BCUT2D eigenvalue weighted by atomic mass is 9.84. The highest BCUT2D eigenvalue weighted by atomic mass is 16.5. The lowest BCUT2D eigenvalue weighted by Gasteiger charge is -2.21. The summed E-state index contributed by atoms with van der Waals surface area (Å²) in [5.74, 6) is 0.715. The van der Waals surface area contributed by atoms with Gasteiger partial charge in [-0.15, -0.1) is 0 Å². The molecule has 0 unspecified atom stereocenters. The Morgan fingerprint density at radius 1 is 0.789 bits per heavy atom. The quantitative estimate of drug-likeness (QED) is 0.201. The first-order valence-corrected chi connectivity index (χ1v) is 13.2. The molecule has 1 heterocycles. The summed E-state index contributed by atoms with van der Waals surface area (Å²) in [6, 6.07) is 34.7. The predicted molar refractivity (Wildman–Crippen MR) is 156 cm³/mol. The van der Waals surface area contributed by atoms with Gasteiger partial charge in [0.25, 0.3) is 0 Å². The van der Waals surface area contributed by atoms with E-state index in [9.17, 15) is 4.79 Å². The van der Waals surface area contributed by atoms with Crippen molar-refractivity contribution in [1.29, 1.82) is 0 Å². The number of nitrogens with zero attached hydrogens (tertiary/aromatic N) is 1. The minimum atomic E-state index is 0.0241. The first-order chi connectivity index (χ1) is 18.4. The molecule has 5 rings (SSSR count). The molecule has 0 aliphatic rings. The van der Waals surface area contributed by atoms with Crippen molar-refractivity contribution < 1.29 is 9.53 Å². The van der Waals surface area contributed by atoms with Crippen molar-refractivity contribution in [2.75, 3.05) is 0 Å². The maximum absolute atomic E-state index is 13.0. The Hall–Kier alpha value is -4.24. The van der Waals surface area contributed by atoms with Gasteiger partial charge in [-0.05, 0) is 70.5 Å². The molecule has 0 aliphatic carbocycles. The van der Waals surface area contributed by atoms with Gasteiger partial charge in [0.1, 0.15) is 12.4 Å². The summed E-state index contributed by atoms with van der Waals surface area (Å²) in [5.41, 5.74) is 7.35. The van der Waals surface area contributed by atoms with Crippen LogP contribution in [0, 0.1) is 0 Å². The minimum absolute atomic E-state index is 0.0241. The number of rotatable bonds is 8. The number of hydrogen-bond acceptors (Lipinski definition) is 3. The smallest absolute Gasteiger partial charge is 0.166 e. The molecule has 190 valence electrons. The number of hydrogen-bond donors (Lipinski definition) is 0. The summed E-state index contributed by atoms with van der Waals surface area (Å²) < 4.78 is 6.22. The Balaban J connectivity index is 1.37. The first kappa shape index (κ1) is 25.4. The summed E-state index contributed by atoms with van der Waals surface area (Å²) in [7, 11) is 0. The third-order valence-electron chi connectivity index (χ3n) is 6.87. The molecular weight excluding hydrogens is 466 g/mol. The van der Waals surface area contributed by atoms with Crippen LogP contribution in [0.2, 0.25) is 0 Å². The van der Waals surface area contributed by atoms with E-state index in [0.717, 1.165) is 33.2 Å². The van der Waals surface area contributed by atoms with Crippen LogP contribution in [-0.4, -0.2) is 10.8 Å². The average Bonchev–Trinajstić information content (AvgIpc) is 2.94. The van der Waals surface area contributed by atoms with E-state index in [4.69, 9.17) is 9.72 Å². The fourth-order valence-electron chi connectivity index (χ4n) is 4.70. The van der Waals surface area contributed by atoms with Crippen LogP contribution < -0.4 is 4.74 Å². The standard InChI is InChI=1S/C35H33NO2/c1-35(2,3)29-22-28-15-10-20-36-34(28)31(23-29)27-14-9-13-26(21-27)24-38-33-17-8-7-16-30(33)32(37)19-18-25-11-5-4-6-12-25/h4-17,20-23H,18-19,24H2,1-3H3. The largest absolute Gasteiger partial charge is 0.488 e. The minimum Gasteiger partial charge on any atom is -0.488 e. The van der Waals surface area contributed by atoms with Crippen molar-refractivity contribution in [1.82, 2.24) is 4.98 Å². The zero-order valence-corrected chi connectivity index (χ0v) is 22.3. The molecule has 0 fully saturated rings. The fraction of sp³-hybridized carbons (Fsp3) is 0.200. The average molecular weight is 500 g/mol. The number of ether oxygens (including phenoxy) is 1. The number of aromatic nitrogens is 1. The van der Waals surface area contributed by atoms with E-state index in [1.54, 1.807) is 0 Å². The Morgan fingerprint density at radius 2 is 1.55 bits per heavy atom. The van der Waals surface area contributed by atoms with Gasteiger partial charge in [0.15, 0.2) is 5.78 Å². The second kappa shape index (κ2) is 11.0.